The number of nitrogens with zero attached hydrogens (tertiary/aromatic N) is 1. The number of fused-ring (bicyclic) bond motifs is 2. The van der Waals surface area contributed by atoms with Crippen LogP contribution in [0, 0.1) is 0 Å². The molecule has 0 N–H and O–H groups in total. The molecule has 226 valence electrons. The van der Waals surface area contributed by atoms with Crippen LogP contribution in [0.4, 0.5) is 0 Å². The summed E-state index contributed by atoms with van der Waals surface area (Å²) in [5, 5.41) is 0. The molecule has 0 radical (unpaired) electrons. The average molecular weight is 592 g/mol. The molecule has 4 aromatic rings. The number of methoxy groups -OCH3 is 6. The molecule has 0 saturated carbocycles. The number of hydrogen-bond acceptors (Lipinski definition) is 7. The molecule has 6 rings (SSSR count). The third-order valence-electron chi connectivity index (χ3n) is 8.47. The summed E-state index contributed by atoms with van der Waals surface area (Å²) in [5.41, 5.74) is 11.5. The van der Waals surface area contributed by atoms with E-state index in [9.17, 15) is 0 Å². The Bertz CT molecular complexity index is 1690. The summed E-state index contributed by atoms with van der Waals surface area (Å²) >= 11 is 0. The maximum atomic E-state index is 5.71. The number of hydrogen-bond donors (Lipinski definition) is 0. The molecule has 0 bridgehead atoms. The summed E-state index contributed by atoms with van der Waals surface area (Å²) in [7, 11) is 9.96. The number of benzene rings is 3. The first-order valence-corrected chi connectivity index (χ1v) is 14.7. The Morgan fingerprint density at radius 2 is 0.886 bits per heavy atom. The second-order valence-electron chi connectivity index (χ2n) is 10.8. The van der Waals surface area contributed by atoms with E-state index in [0.717, 1.165) is 53.8 Å². The van der Waals surface area contributed by atoms with E-state index in [2.05, 4.69) is 36.4 Å². The molecule has 0 spiro atoms. The first kappa shape index (κ1) is 29.2. The highest BCUT2D eigenvalue weighted by Crippen LogP contribution is 2.48. The molecule has 7 heteroatoms. The van der Waals surface area contributed by atoms with Gasteiger partial charge in [-0.2, -0.15) is 0 Å². The van der Waals surface area contributed by atoms with E-state index in [-0.39, 0.29) is 0 Å². The van der Waals surface area contributed by atoms with Gasteiger partial charge in [0, 0.05) is 0 Å². The molecule has 1 heterocycles. The predicted molar refractivity (Wildman–Crippen MR) is 174 cm³/mol. The van der Waals surface area contributed by atoms with Gasteiger partial charge in [0.1, 0.15) is 0 Å². The molecule has 1 aromatic heterocycles. The van der Waals surface area contributed by atoms with Crippen LogP contribution in [-0.2, 0) is 12.8 Å². The van der Waals surface area contributed by atoms with Crippen molar-refractivity contribution in [3.05, 3.63) is 88.2 Å². The van der Waals surface area contributed by atoms with Crippen LogP contribution in [0.3, 0.4) is 0 Å². The zero-order chi connectivity index (χ0) is 30.8. The Balaban J connectivity index is 1.53. The molecule has 0 fully saturated rings. The van der Waals surface area contributed by atoms with Crippen LogP contribution in [0.5, 0.6) is 34.5 Å². The third-order valence-corrected chi connectivity index (χ3v) is 8.47. The minimum Gasteiger partial charge on any atom is -0.493 e. The first-order chi connectivity index (χ1) is 21.5. The van der Waals surface area contributed by atoms with Gasteiger partial charge in [0.25, 0.3) is 0 Å². The number of aromatic nitrogens is 1. The van der Waals surface area contributed by atoms with Gasteiger partial charge >= 0.3 is 0 Å². The number of rotatable bonds is 9. The number of ether oxygens (including phenoxy) is 6. The van der Waals surface area contributed by atoms with Gasteiger partial charge in [0.05, 0.1) is 54.0 Å². The highest BCUT2D eigenvalue weighted by molar-refractivity contribution is 5.94. The normalized spacial score (nSPS) is 15.2. The van der Waals surface area contributed by atoms with Crippen LogP contribution in [0.25, 0.3) is 34.4 Å². The van der Waals surface area contributed by atoms with Crippen molar-refractivity contribution in [3.63, 3.8) is 0 Å². The summed E-state index contributed by atoms with van der Waals surface area (Å²) in [4.78, 5) is 5.40. The van der Waals surface area contributed by atoms with Crippen LogP contribution in [-0.4, -0.2) is 47.6 Å². The predicted octanol–water partition coefficient (Wildman–Crippen LogP) is 7.77. The summed E-state index contributed by atoms with van der Waals surface area (Å²) in [6.45, 7) is 0. The van der Waals surface area contributed by atoms with Crippen LogP contribution in [0.1, 0.15) is 46.5 Å². The SMILES string of the molecule is COc1ccc(/C=C2\CCc3c2nc2c(c3-c3ccc(OC)c(OC)c3)CC/C2=C\c2ccc(OC)c(OC)c2)cc1OC. The lowest BCUT2D eigenvalue weighted by molar-refractivity contribution is 0.355. The Labute approximate surface area is 258 Å². The lowest BCUT2D eigenvalue weighted by Crippen LogP contribution is -2.01. The summed E-state index contributed by atoms with van der Waals surface area (Å²) in [6.07, 6.45) is 8.06. The van der Waals surface area contributed by atoms with Crippen LogP contribution in [0.15, 0.2) is 54.6 Å². The second-order valence-corrected chi connectivity index (χ2v) is 10.8. The van der Waals surface area contributed by atoms with E-state index in [1.54, 1.807) is 42.7 Å². The third kappa shape index (κ3) is 5.23. The van der Waals surface area contributed by atoms with Crippen molar-refractivity contribution in [2.24, 2.45) is 0 Å². The van der Waals surface area contributed by atoms with Crippen LogP contribution >= 0.6 is 0 Å². The van der Waals surface area contributed by atoms with Crippen molar-refractivity contribution in [1.29, 1.82) is 0 Å². The molecule has 0 atom stereocenters. The Hall–Kier alpha value is -4.91. The fourth-order valence-corrected chi connectivity index (χ4v) is 6.35. The molecular weight excluding hydrogens is 554 g/mol. The molecule has 0 amide bonds. The van der Waals surface area contributed by atoms with Gasteiger partial charge in [0.2, 0.25) is 0 Å². The van der Waals surface area contributed by atoms with E-state index in [1.165, 1.54) is 27.8 Å². The molecule has 7 nitrogen and oxygen atoms in total. The van der Waals surface area contributed by atoms with E-state index in [1.807, 2.05) is 30.3 Å². The molecular formula is C37H37NO6. The molecule has 3 aromatic carbocycles. The largest absolute Gasteiger partial charge is 0.493 e. The van der Waals surface area contributed by atoms with Crippen LogP contribution in [0.2, 0.25) is 0 Å². The van der Waals surface area contributed by atoms with Crippen molar-refractivity contribution >= 4 is 23.3 Å². The minimum atomic E-state index is 0.702. The Kier molecular flexibility index (Phi) is 8.20. The van der Waals surface area contributed by atoms with E-state index < -0.39 is 0 Å². The maximum Gasteiger partial charge on any atom is 0.161 e. The van der Waals surface area contributed by atoms with E-state index in [0.29, 0.717) is 34.5 Å². The average Bonchev–Trinajstić information content (AvgIpc) is 3.66. The minimum absolute atomic E-state index is 0.702. The fraction of sp³-hybridized carbons (Fsp3) is 0.270. The van der Waals surface area contributed by atoms with Gasteiger partial charge < -0.3 is 28.4 Å². The van der Waals surface area contributed by atoms with Gasteiger partial charge in [0.15, 0.2) is 34.5 Å². The summed E-state index contributed by atoms with van der Waals surface area (Å²) in [6, 6.07) is 18.2. The van der Waals surface area contributed by atoms with E-state index >= 15 is 0 Å². The van der Waals surface area contributed by atoms with Gasteiger partial charge in [-0.1, -0.05) is 18.2 Å². The highest BCUT2D eigenvalue weighted by Gasteiger charge is 2.31. The van der Waals surface area contributed by atoms with Crippen molar-refractivity contribution in [2.45, 2.75) is 25.7 Å². The Morgan fingerprint density at radius 3 is 1.32 bits per heavy atom. The zero-order valence-corrected chi connectivity index (χ0v) is 26.1. The standard InChI is InChI=1S/C37H37NO6/c1-39-29-14-7-22(19-32(29)42-4)17-25-9-12-27-35(24-11-16-31(41-3)34(21-24)44-6)28-13-10-26(37(28)38-36(25)27)18-23-8-15-30(40-2)33(20-23)43-5/h7-8,11,14-21H,9-10,12-13H2,1-6H3/b25-17+,26-18+. The van der Waals surface area contributed by atoms with Crippen molar-refractivity contribution < 1.29 is 28.4 Å². The molecule has 0 aliphatic heterocycles. The monoisotopic (exact) mass is 591 g/mol. The lowest BCUT2D eigenvalue weighted by Gasteiger charge is -2.17. The number of pyridine rings is 1. The lowest BCUT2D eigenvalue weighted by atomic mass is 9.92. The maximum absolute atomic E-state index is 5.71. The second kappa shape index (κ2) is 12.4. The highest BCUT2D eigenvalue weighted by atomic mass is 16.5. The summed E-state index contributed by atoms with van der Waals surface area (Å²) < 4.78 is 33.3. The topological polar surface area (TPSA) is 68.3 Å². The molecule has 0 saturated heterocycles. The van der Waals surface area contributed by atoms with Crippen molar-refractivity contribution in [2.75, 3.05) is 42.7 Å². The molecule has 44 heavy (non-hydrogen) atoms. The molecule has 2 aliphatic carbocycles. The van der Waals surface area contributed by atoms with Crippen molar-refractivity contribution in [3.8, 4) is 45.6 Å². The van der Waals surface area contributed by atoms with E-state index in [4.69, 9.17) is 33.4 Å². The molecule has 2 aliphatic rings. The van der Waals surface area contributed by atoms with Crippen molar-refractivity contribution in [1.82, 2.24) is 4.98 Å². The fourth-order valence-electron chi connectivity index (χ4n) is 6.35. The first-order valence-electron chi connectivity index (χ1n) is 14.7. The van der Waals surface area contributed by atoms with Gasteiger partial charge in [-0.05, 0) is 119 Å². The quantitative estimate of drug-likeness (QED) is 0.197. The number of allylic oxidation sites excluding steroid dienone is 2. The molecule has 0 unspecified atom stereocenters. The zero-order valence-electron chi connectivity index (χ0n) is 26.1. The van der Waals surface area contributed by atoms with Gasteiger partial charge in [-0.25, -0.2) is 4.98 Å². The Morgan fingerprint density at radius 1 is 0.477 bits per heavy atom. The van der Waals surface area contributed by atoms with Gasteiger partial charge in [-0.3, -0.25) is 0 Å². The van der Waals surface area contributed by atoms with Crippen LogP contribution < -0.4 is 28.4 Å². The smallest absolute Gasteiger partial charge is 0.161 e. The van der Waals surface area contributed by atoms with Gasteiger partial charge in [-0.15, -0.1) is 0 Å². The summed E-state index contributed by atoms with van der Waals surface area (Å²) in [5.74, 6) is 4.24.